The topological polar surface area (TPSA) is 102 Å². The molecule has 8 heteroatoms. The van der Waals surface area contributed by atoms with Gasteiger partial charge in [-0.3, -0.25) is 10.1 Å². The quantitative estimate of drug-likeness (QED) is 0.414. The van der Waals surface area contributed by atoms with E-state index in [4.69, 9.17) is 4.74 Å². The summed E-state index contributed by atoms with van der Waals surface area (Å²) in [5.41, 5.74) is -0.0974. The van der Waals surface area contributed by atoms with Crippen molar-refractivity contribution in [2.45, 2.75) is 25.3 Å². The molecule has 8 nitrogen and oxygen atoms in total. The van der Waals surface area contributed by atoms with Gasteiger partial charge in [0.25, 0.3) is 0 Å². The van der Waals surface area contributed by atoms with Crippen molar-refractivity contribution in [3.05, 3.63) is 46.6 Å². The molecule has 3 rings (SSSR count). The number of benzene rings is 1. The molecule has 0 spiro atoms. The van der Waals surface area contributed by atoms with Crippen molar-refractivity contribution in [1.82, 2.24) is 9.97 Å². The number of nitrogens with one attached hydrogen (secondary N) is 2. The van der Waals surface area contributed by atoms with Crippen molar-refractivity contribution in [1.29, 1.82) is 0 Å². The Morgan fingerprint density at radius 2 is 2.08 bits per heavy atom. The first-order valence-corrected chi connectivity index (χ1v) is 7.92. The van der Waals surface area contributed by atoms with Crippen molar-refractivity contribution < 1.29 is 9.66 Å². The van der Waals surface area contributed by atoms with Gasteiger partial charge in [-0.25, -0.2) is 4.98 Å². The third kappa shape index (κ3) is 4.55. The number of ether oxygens (including phenoxy) is 1. The molecule has 1 heterocycles. The maximum atomic E-state index is 11.0. The third-order valence-electron chi connectivity index (χ3n) is 3.50. The second kappa shape index (κ2) is 7.58. The van der Waals surface area contributed by atoms with E-state index in [2.05, 4.69) is 20.6 Å². The first-order chi connectivity index (χ1) is 11.7. The minimum absolute atomic E-state index is 0.0974. The zero-order valence-electron chi connectivity index (χ0n) is 13.1. The van der Waals surface area contributed by atoms with Crippen molar-refractivity contribution in [3.63, 3.8) is 0 Å². The summed E-state index contributed by atoms with van der Waals surface area (Å²) in [6, 6.07) is 9.88. The predicted octanol–water partition coefficient (Wildman–Crippen LogP) is 2.84. The molecule has 0 radical (unpaired) electrons. The fourth-order valence-corrected chi connectivity index (χ4v) is 2.10. The lowest BCUT2D eigenvalue weighted by atomic mass is 10.3. The Balaban J connectivity index is 1.48. The highest BCUT2D eigenvalue weighted by Gasteiger charge is 2.26. The summed E-state index contributed by atoms with van der Waals surface area (Å²) in [5.74, 6) is 1.49. The van der Waals surface area contributed by atoms with Gasteiger partial charge in [0.05, 0.1) is 11.5 Å². The Labute approximate surface area is 139 Å². The van der Waals surface area contributed by atoms with E-state index in [1.807, 2.05) is 30.3 Å². The number of nitrogens with zero attached hydrogens (tertiary/aromatic N) is 3. The summed E-state index contributed by atoms with van der Waals surface area (Å²) in [6.07, 6.45) is 4.03. The Bertz CT molecular complexity index is 691. The largest absolute Gasteiger partial charge is 0.494 e. The molecule has 126 valence electrons. The fourth-order valence-electron chi connectivity index (χ4n) is 2.10. The molecule has 1 aliphatic rings. The monoisotopic (exact) mass is 329 g/mol. The zero-order chi connectivity index (χ0) is 16.8. The molecule has 1 saturated carbocycles. The van der Waals surface area contributed by atoms with Crippen molar-refractivity contribution in [2.24, 2.45) is 0 Å². The van der Waals surface area contributed by atoms with Gasteiger partial charge in [-0.05, 0) is 31.4 Å². The number of aromatic nitrogens is 2. The molecule has 1 aromatic carbocycles. The lowest BCUT2D eigenvalue weighted by Gasteiger charge is -2.09. The average molecular weight is 329 g/mol. The normalized spacial score (nSPS) is 13.3. The van der Waals surface area contributed by atoms with Gasteiger partial charge in [-0.15, -0.1) is 0 Å². The highest BCUT2D eigenvalue weighted by Crippen LogP contribution is 2.29. The van der Waals surface area contributed by atoms with Gasteiger partial charge < -0.3 is 15.4 Å². The van der Waals surface area contributed by atoms with Crippen LogP contribution >= 0.6 is 0 Å². The molecule has 1 aromatic heterocycles. The molecule has 0 amide bonds. The number of anilines is 2. The average Bonchev–Trinajstić information content (AvgIpc) is 3.39. The highest BCUT2D eigenvalue weighted by molar-refractivity contribution is 5.58. The second-order valence-electron chi connectivity index (χ2n) is 5.55. The van der Waals surface area contributed by atoms with Crippen LogP contribution in [0.2, 0.25) is 0 Å². The first kappa shape index (κ1) is 16.0. The molecular formula is C16H19N5O3. The Morgan fingerprint density at radius 1 is 1.29 bits per heavy atom. The van der Waals surface area contributed by atoms with Crippen LogP contribution in [0.15, 0.2) is 36.5 Å². The fraction of sp³-hybridized carbons (Fsp3) is 0.375. The highest BCUT2D eigenvalue weighted by atomic mass is 16.6. The standard InChI is InChI=1S/C16H19N5O3/c22-21(23)14-11-18-16(20-15(14)19-12-7-8-12)17-9-4-10-24-13-5-2-1-3-6-13/h1-3,5-6,11-12H,4,7-10H2,(H2,17,18,19,20). The maximum absolute atomic E-state index is 11.0. The van der Waals surface area contributed by atoms with Gasteiger partial charge in [-0.2, -0.15) is 4.98 Å². The SMILES string of the molecule is O=[N+]([O-])c1cnc(NCCCOc2ccccc2)nc1NC1CC1. The van der Waals surface area contributed by atoms with Gasteiger partial charge in [0.1, 0.15) is 11.9 Å². The van der Waals surface area contributed by atoms with Crippen LogP contribution in [0.5, 0.6) is 5.75 Å². The summed E-state index contributed by atoms with van der Waals surface area (Å²) >= 11 is 0. The van der Waals surface area contributed by atoms with E-state index in [9.17, 15) is 10.1 Å². The second-order valence-corrected chi connectivity index (χ2v) is 5.55. The van der Waals surface area contributed by atoms with Crippen LogP contribution in [-0.4, -0.2) is 34.1 Å². The van der Waals surface area contributed by atoms with Crippen LogP contribution < -0.4 is 15.4 Å². The smallest absolute Gasteiger partial charge is 0.329 e. The molecule has 0 atom stereocenters. The molecule has 2 N–H and O–H groups in total. The molecule has 2 aromatic rings. The lowest BCUT2D eigenvalue weighted by Crippen LogP contribution is -2.12. The molecule has 0 bridgehead atoms. The van der Waals surface area contributed by atoms with Crippen LogP contribution in [0.25, 0.3) is 0 Å². The molecule has 0 aliphatic heterocycles. The van der Waals surface area contributed by atoms with Gasteiger partial charge in [0.15, 0.2) is 0 Å². The summed E-state index contributed by atoms with van der Waals surface area (Å²) in [5, 5.41) is 17.2. The van der Waals surface area contributed by atoms with Crippen LogP contribution in [0, 0.1) is 10.1 Å². The molecule has 1 aliphatic carbocycles. The van der Waals surface area contributed by atoms with E-state index in [-0.39, 0.29) is 17.5 Å². The predicted molar refractivity (Wildman–Crippen MR) is 90.4 cm³/mol. The van der Waals surface area contributed by atoms with Crippen LogP contribution in [-0.2, 0) is 0 Å². The van der Waals surface area contributed by atoms with Crippen LogP contribution in [0.4, 0.5) is 17.5 Å². The number of rotatable bonds is 9. The van der Waals surface area contributed by atoms with Crippen molar-refractivity contribution >= 4 is 17.5 Å². The Morgan fingerprint density at radius 3 is 2.79 bits per heavy atom. The third-order valence-corrected chi connectivity index (χ3v) is 3.50. The van der Waals surface area contributed by atoms with Gasteiger partial charge in [-0.1, -0.05) is 18.2 Å². The molecule has 0 saturated heterocycles. The lowest BCUT2D eigenvalue weighted by molar-refractivity contribution is -0.384. The van der Waals surface area contributed by atoms with E-state index in [0.717, 1.165) is 25.0 Å². The Hall–Kier alpha value is -2.90. The summed E-state index contributed by atoms with van der Waals surface area (Å²) in [6.45, 7) is 1.19. The van der Waals surface area contributed by atoms with E-state index in [0.29, 0.717) is 19.1 Å². The molecule has 1 fully saturated rings. The van der Waals surface area contributed by atoms with Gasteiger partial charge in [0.2, 0.25) is 11.8 Å². The number of hydrogen-bond donors (Lipinski definition) is 2. The first-order valence-electron chi connectivity index (χ1n) is 7.92. The van der Waals surface area contributed by atoms with E-state index < -0.39 is 4.92 Å². The van der Waals surface area contributed by atoms with Crippen molar-refractivity contribution in [3.8, 4) is 5.75 Å². The van der Waals surface area contributed by atoms with Crippen LogP contribution in [0.1, 0.15) is 19.3 Å². The Kier molecular flexibility index (Phi) is 5.05. The minimum Gasteiger partial charge on any atom is -0.494 e. The van der Waals surface area contributed by atoms with E-state index in [1.54, 1.807) is 0 Å². The minimum atomic E-state index is -0.470. The zero-order valence-corrected chi connectivity index (χ0v) is 13.1. The van der Waals surface area contributed by atoms with Gasteiger partial charge >= 0.3 is 5.69 Å². The molecule has 24 heavy (non-hydrogen) atoms. The van der Waals surface area contributed by atoms with E-state index >= 15 is 0 Å². The summed E-state index contributed by atoms with van der Waals surface area (Å²) < 4.78 is 5.60. The number of nitro groups is 1. The molecule has 0 unspecified atom stereocenters. The number of para-hydroxylation sites is 1. The van der Waals surface area contributed by atoms with Gasteiger partial charge in [0, 0.05) is 12.6 Å². The summed E-state index contributed by atoms with van der Waals surface area (Å²) in [7, 11) is 0. The summed E-state index contributed by atoms with van der Waals surface area (Å²) in [4.78, 5) is 18.8. The maximum Gasteiger partial charge on any atom is 0.329 e. The number of hydrogen-bond acceptors (Lipinski definition) is 7. The molecular weight excluding hydrogens is 310 g/mol. The van der Waals surface area contributed by atoms with E-state index in [1.165, 1.54) is 6.20 Å². The van der Waals surface area contributed by atoms with Crippen molar-refractivity contribution in [2.75, 3.05) is 23.8 Å². The van der Waals surface area contributed by atoms with Crippen LogP contribution in [0.3, 0.4) is 0 Å².